The Hall–Kier alpha value is -1.31. The van der Waals surface area contributed by atoms with E-state index in [0.29, 0.717) is 31.1 Å². The van der Waals surface area contributed by atoms with Gasteiger partial charge in [0.05, 0.1) is 4.90 Å². The van der Waals surface area contributed by atoms with Crippen LogP contribution in [0.1, 0.15) is 20.3 Å². The summed E-state index contributed by atoms with van der Waals surface area (Å²) >= 11 is 0. The molecule has 1 aromatic carbocycles. The molecule has 2 aliphatic rings. The summed E-state index contributed by atoms with van der Waals surface area (Å²) in [5.41, 5.74) is 5.69. The first-order chi connectivity index (χ1) is 9.80. The molecule has 0 radical (unpaired) electrons. The lowest BCUT2D eigenvalue weighted by Gasteiger charge is -2.50. The van der Waals surface area contributed by atoms with Gasteiger partial charge in [0.2, 0.25) is 10.0 Å². The minimum Gasteiger partial charge on any atom is -0.486 e. The zero-order chi connectivity index (χ0) is 15.3. The van der Waals surface area contributed by atoms with Gasteiger partial charge in [0.15, 0.2) is 11.5 Å². The predicted octanol–water partition coefficient (Wildman–Crippen LogP) is 0.862. The second-order valence-electron chi connectivity index (χ2n) is 6.14. The van der Waals surface area contributed by atoms with Gasteiger partial charge in [-0.1, -0.05) is 13.8 Å². The molecule has 0 spiro atoms. The van der Waals surface area contributed by atoms with Crippen molar-refractivity contribution in [2.45, 2.75) is 37.2 Å². The number of hydrogen-bond acceptors (Lipinski definition) is 5. The Morgan fingerprint density at radius 2 is 1.90 bits per heavy atom. The molecule has 7 heteroatoms. The number of benzene rings is 1. The average molecular weight is 312 g/mol. The van der Waals surface area contributed by atoms with E-state index in [0.717, 1.165) is 0 Å². The monoisotopic (exact) mass is 312 g/mol. The van der Waals surface area contributed by atoms with Crippen LogP contribution in [-0.4, -0.2) is 33.7 Å². The van der Waals surface area contributed by atoms with Crippen molar-refractivity contribution in [3.05, 3.63) is 18.2 Å². The molecule has 1 aliphatic heterocycles. The van der Waals surface area contributed by atoms with Crippen molar-refractivity contribution in [1.29, 1.82) is 0 Å². The van der Waals surface area contributed by atoms with Gasteiger partial charge in [-0.05, 0) is 24.0 Å². The lowest BCUT2D eigenvalue weighted by Crippen LogP contribution is -2.64. The van der Waals surface area contributed by atoms with Crippen molar-refractivity contribution in [2.75, 3.05) is 13.2 Å². The van der Waals surface area contributed by atoms with Crippen LogP contribution < -0.4 is 19.9 Å². The molecule has 3 rings (SSSR count). The van der Waals surface area contributed by atoms with Gasteiger partial charge in [-0.15, -0.1) is 0 Å². The number of nitrogens with two attached hydrogens (primary N) is 1. The first-order valence-electron chi connectivity index (χ1n) is 6.98. The molecular formula is C14H20N2O4S. The summed E-state index contributed by atoms with van der Waals surface area (Å²) in [4.78, 5) is 0.183. The molecule has 6 nitrogen and oxygen atoms in total. The Kier molecular flexibility index (Phi) is 3.38. The maximum absolute atomic E-state index is 12.5. The van der Waals surface area contributed by atoms with E-state index in [4.69, 9.17) is 15.2 Å². The third-order valence-electron chi connectivity index (χ3n) is 4.46. The maximum atomic E-state index is 12.5. The van der Waals surface area contributed by atoms with Crippen molar-refractivity contribution in [2.24, 2.45) is 11.1 Å². The first-order valence-corrected chi connectivity index (χ1v) is 8.46. The van der Waals surface area contributed by atoms with Gasteiger partial charge in [-0.2, -0.15) is 0 Å². The molecule has 0 amide bonds. The molecule has 1 saturated carbocycles. The molecule has 1 fully saturated rings. The number of sulfonamides is 1. The topological polar surface area (TPSA) is 90.7 Å². The second-order valence-corrected chi connectivity index (χ2v) is 7.86. The molecule has 3 N–H and O–H groups in total. The highest BCUT2D eigenvalue weighted by molar-refractivity contribution is 7.89. The predicted molar refractivity (Wildman–Crippen MR) is 77.9 cm³/mol. The van der Waals surface area contributed by atoms with Crippen LogP contribution >= 0.6 is 0 Å². The zero-order valence-corrected chi connectivity index (χ0v) is 12.9. The van der Waals surface area contributed by atoms with Gasteiger partial charge >= 0.3 is 0 Å². The van der Waals surface area contributed by atoms with Crippen LogP contribution in [0.4, 0.5) is 0 Å². The SMILES string of the molecule is CC1(C)C(N)CC1NS(=O)(=O)c1ccc2c(c1)OCCO2. The van der Waals surface area contributed by atoms with Gasteiger partial charge in [-0.25, -0.2) is 13.1 Å². The van der Waals surface area contributed by atoms with Gasteiger partial charge in [0.1, 0.15) is 13.2 Å². The molecule has 2 atom stereocenters. The second kappa shape index (κ2) is 4.86. The van der Waals surface area contributed by atoms with Crippen LogP contribution in [0.5, 0.6) is 11.5 Å². The van der Waals surface area contributed by atoms with Crippen LogP contribution in [0.3, 0.4) is 0 Å². The van der Waals surface area contributed by atoms with E-state index >= 15 is 0 Å². The quantitative estimate of drug-likeness (QED) is 0.864. The van der Waals surface area contributed by atoms with Crippen molar-refractivity contribution in [3.63, 3.8) is 0 Å². The van der Waals surface area contributed by atoms with Crippen LogP contribution in [0.25, 0.3) is 0 Å². The van der Waals surface area contributed by atoms with Crippen LogP contribution in [0, 0.1) is 5.41 Å². The largest absolute Gasteiger partial charge is 0.486 e. The molecule has 2 unspecified atom stereocenters. The Bertz CT molecular complexity index is 657. The molecule has 1 aromatic rings. The summed E-state index contributed by atoms with van der Waals surface area (Å²) in [6.07, 6.45) is 0.650. The van der Waals surface area contributed by atoms with Crippen molar-refractivity contribution in [1.82, 2.24) is 4.72 Å². The summed E-state index contributed by atoms with van der Waals surface area (Å²) in [5.74, 6) is 1.04. The van der Waals surface area contributed by atoms with Crippen LogP contribution in [-0.2, 0) is 10.0 Å². The smallest absolute Gasteiger partial charge is 0.240 e. The van der Waals surface area contributed by atoms with E-state index in [9.17, 15) is 8.42 Å². The Labute approximate surface area is 124 Å². The van der Waals surface area contributed by atoms with Crippen molar-refractivity contribution in [3.8, 4) is 11.5 Å². The third kappa shape index (κ3) is 2.49. The Morgan fingerprint density at radius 1 is 1.24 bits per heavy atom. The van der Waals surface area contributed by atoms with Gasteiger partial charge in [0, 0.05) is 18.2 Å². The summed E-state index contributed by atoms with van der Waals surface area (Å²) < 4.78 is 38.5. The highest BCUT2D eigenvalue weighted by Crippen LogP contribution is 2.40. The summed E-state index contributed by atoms with van der Waals surface area (Å²) in [6, 6.07) is 4.53. The Morgan fingerprint density at radius 3 is 2.52 bits per heavy atom. The summed E-state index contributed by atoms with van der Waals surface area (Å²) in [7, 11) is -3.59. The molecule has 0 aromatic heterocycles. The van der Waals surface area contributed by atoms with Crippen molar-refractivity contribution >= 4 is 10.0 Å². The number of nitrogens with one attached hydrogen (secondary N) is 1. The standard InChI is InChI=1S/C14H20N2O4S/c1-14(2)12(15)8-13(14)16-21(17,18)9-3-4-10-11(7-9)20-6-5-19-10/h3-4,7,12-13,16H,5-6,8,15H2,1-2H3. The summed E-state index contributed by atoms with van der Waals surface area (Å²) in [5, 5.41) is 0. The fraction of sp³-hybridized carbons (Fsp3) is 0.571. The highest BCUT2D eigenvalue weighted by Gasteiger charge is 2.47. The van der Waals surface area contributed by atoms with E-state index in [1.54, 1.807) is 6.07 Å². The fourth-order valence-corrected chi connectivity index (χ4v) is 4.03. The number of rotatable bonds is 3. The molecular weight excluding hydrogens is 292 g/mol. The van der Waals surface area contributed by atoms with E-state index < -0.39 is 10.0 Å². The normalized spacial score (nSPS) is 27.0. The first kappa shape index (κ1) is 14.6. The zero-order valence-electron chi connectivity index (χ0n) is 12.1. The van der Waals surface area contributed by atoms with Gasteiger partial charge in [0.25, 0.3) is 0 Å². The molecule has 0 bridgehead atoms. The average Bonchev–Trinajstić information content (AvgIpc) is 2.46. The molecule has 1 heterocycles. The molecule has 1 aliphatic carbocycles. The fourth-order valence-electron chi connectivity index (χ4n) is 2.61. The Balaban J connectivity index is 1.82. The van der Waals surface area contributed by atoms with Crippen LogP contribution in [0.15, 0.2) is 23.1 Å². The number of fused-ring (bicyclic) bond motifs is 1. The lowest BCUT2D eigenvalue weighted by molar-refractivity contribution is 0.0903. The highest BCUT2D eigenvalue weighted by atomic mass is 32.2. The van der Waals surface area contributed by atoms with Crippen molar-refractivity contribution < 1.29 is 17.9 Å². The van der Waals surface area contributed by atoms with E-state index in [1.807, 2.05) is 13.8 Å². The third-order valence-corrected chi connectivity index (χ3v) is 5.93. The van der Waals surface area contributed by atoms with Gasteiger partial charge in [-0.3, -0.25) is 0 Å². The molecule has 116 valence electrons. The molecule has 21 heavy (non-hydrogen) atoms. The lowest BCUT2D eigenvalue weighted by atomic mass is 9.64. The number of hydrogen-bond donors (Lipinski definition) is 2. The number of ether oxygens (including phenoxy) is 2. The van der Waals surface area contributed by atoms with Gasteiger partial charge < -0.3 is 15.2 Å². The minimum absolute atomic E-state index is 0.0190. The van der Waals surface area contributed by atoms with Crippen LogP contribution in [0.2, 0.25) is 0 Å². The maximum Gasteiger partial charge on any atom is 0.240 e. The van der Waals surface area contributed by atoms with E-state index in [-0.39, 0.29) is 22.4 Å². The summed E-state index contributed by atoms with van der Waals surface area (Å²) in [6.45, 7) is 4.84. The van der Waals surface area contributed by atoms with E-state index in [1.165, 1.54) is 12.1 Å². The minimum atomic E-state index is -3.59. The van der Waals surface area contributed by atoms with E-state index in [2.05, 4.69) is 4.72 Å². The molecule has 0 saturated heterocycles.